The van der Waals surface area contributed by atoms with Crippen molar-refractivity contribution in [3.8, 4) is 0 Å². The molecule has 0 aliphatic heterocycles. The fourth-order valence-corrected chi connectivity index (χ4v) is 2.37. The molecular weight excluding hydrogens is 404 g/mol. The first-order valence-electron chi connectivity index (χ1n) is 9.07. The maximum Gasteiger partial charge on any atom is 0.326 e. The van der Waals surface area contributed by atoms with E-state index in [9.17, 15) is 24.0 Å². The van der Waals surface area contributed by atoms with E-state index in [0.29, 0.717) is 19.4 Å². The number of rotatable bonds is 15. The van der Waals surface area contributed by atoms with Crippen LogP contribution >= 0.6 is 12.6 Å². The average Bonchev–Trinajstić information content (AvgIpc) is 2.67. The van der Waals surface area contributed by atoms with Gasteiger partial charge in [0.2, 0.25) is 23.6 Å². The second kappa shape index (κ2) is 14.6. The zero-order valence-corrected chi connectivity index (χ0v) is 17.0. The molecule has 166 valence electrons. The van der Waals surface area contributed by atoms with Gasteiger partial charge >= 0.3 is 5.97 Å². The molecular formula is C16H30N6O6S. The van der Waals surface area contributed by atoms with Crippen LogP contribution in [0.5, 0.6) is 0 Å². The number of carboxylic acids is 1. The summed E-state index contributed by atoms with van der Waals surface area (Å²) in [6, 6.07) is -3.21. The van der Waals surface area contributed by atoms with Crippen molar-refractivity contribution in [3.05, 3.63) is 0 Å². The van der Waals surface area contributed by atoms with E-state index in [1.54, 1.807) is 0 Å². The van der Waals surface area contributed by atoms with E-state index in [0.717, 1.165) is 0 Å². The van der Waals surface area contributed by atoms with E-state index in [1.807, 2.05) is 0 Å². The highest BCUT2D eigenvalue weighted by Crippen LogP contribution is 2.01. The van der Waals surface area contributed by atoms with E-state index >= 15 is 0 Å². The number of nitrogens with one attached hydrogen (secondary N) is 3. The van der Waals surface area contributed by atoms with Crippen LogP contribution in [0.3, 0.4) is 0 Å². The lowest BCUT2D eigenvalue weighted by Gasteiger charge is -2.20. The summed E-state index contributed by atoms with van der Waals surface area (Å²) in [7, 11) is 0. The number of hydrogen-bond acceptors (Lipinski definition) is 8. The van der Waals surface area contributed by atoms with E-state index in [-0.39, 0.29) is 25.0 Å². The van der Waals surface area contributed by atoms with Crippen molar-refractivity contribution in [3.63, 3.8) is 0 Å². The van der Waals surface area contributed by atoms with Gasteiger partial charge in [-0.2, -0.15) is 12.6 Å². The van der Waals surface area contributed by atoms with Crippen LogP contribution in [0.1, 0.15) is 32.1 Å². The van der Waals surface area contributed by atoms with Gasteiger partial charge in [-0.15, -0.1) is 0 Å². The molecule has 0 radical (unpaired) electrons. The Morgan fingerprint density at radius 2 is 1.62 bits per heavy atom. The molecule has 13 heteroatoms. The number of unbranched alkanes of at least 4 members (excludes halogenated alkanes) is 1. The average molecular weight is 435 g/mol. The number of carbonyl (C=O) groups is 5. The third kappa shape index (κ3) is 11.9. The van der Waals surface area contributed by atoms with Crippen LogP contribution in [-0.4, -0.2) is 71.7 Å². The number of carbonyl (C=O) groups excluding carboxylic acids is 4. The Morgan fingerprint density at radius 1 is 0.966 bits per heavy atom. The van der Waals surface area contributed by atoms with Crippen LogP contribution in [0.15, 0.2) is 0 Å². The lowest BCUT2D eigenvalue weighted by Crippen LogP contribution is -2.54. The highest BCUT2D eigenvalue weighted by atomic mass is 32.1. The van der Waals surface area contributed by atoms with Crippen molar-refractivity contribution < 1.29 is 29.1 Å². The van der Waals surface area contributed by atoms with E-state index in [1.165, 1.54) is 0 Å². The predicted octanol–water partition coefficient (Wildman–Crippen LogP) is -3.19. The van der Waals surface area contributed by atoms with Gasteiger partial charge in [0.1, 0.15) is 12.1 Å². The standard InChI is InChI=1S/C16H30N6O6S/c17-6-2-1-3-11(16(27)28)21-13(24)7-20-15(26)10(4-5-12(19)23)22-14(25)9(18)8-29/h9-11,29H,1-8,17-18H2,(H2,19,23)(H,20,26)(H,21,24)(H,22,25)(H,27,28). The van der Waals surface area contributed by atoms with Crippen LogP contribution in [0.4, 0.5) is 0 Å². The van der Waals surface area contributed by atoms with Crippen molar-refractivity contribution in [1.29, 1.82) is 0 Å². The van der Waals surface area contributed by atoms with Crippen molar-refractivity contribution in [2.75, 3.05) is 18.8 Å². The van der Waals surface area contributed by atoms with Gasteiger partial charge in [0.25, 0.3) is 0 Å². The highest BCUT2D eigenvalue weighted by molar-refractivity contribution is 7.80. The van der Waals surface area contributed by atoms with E-state index in [4.69, 9.17) is 22.3 Å². The summed E-state index contributed by atoms with van der Waals surface area (Å²) >= 11 is 3.89. The first-order valence-corrected chi connectivity index (χ1v) is 9.70. The molecule has 0 spiro atoms. The summed E-state index contributed by atoms with van der Waals surface area (Å²) in [5.74, 6) is -3.94. The second-order valence-corrected chi connectivity index (χ2v) is 6.68. The molecule has 0 rings (SSSR count). The Balaban J connectivity index is 4.76. The molecule has 3 unspecified atom stereocenters. The van der Waals surface area contributed by atoms with Crippen LogP contribution in [0.2, 0.25) is 0 Å². The molecule has 0 saturated heterocycles. The Morgan fingerprint density at radius 3 is 2.14 bits per heavy atom. The Labute approximate surface area is 174 Å². The Kier molecular flexibility index (Phi) is 13.4. The van der Waals surface area contributed by atoms with Gasteiger partial charge in [-0.25, -0.2) is 4.79 Å². The van der Waals surface area contributed by atoms with Gasteiger partial charge in [-0.05, 0) is 32.2 Å². The zero-order valence-electron chi connectivity index (χ0n) is 16.1. The number of primary amides is 1. The summed E-state index contributed by atoms with van der Waals surface area (Å²) < 4.78 is 0. The predicted molar refractivity (Wildman–Crippen MR) is 108 cm³/mol. The second-order valence-electron chi connectivity index (χ2n) is 6.32. The van der Waals surface area contributed by atoms with Gasteiger partial charge in [0, 0.05) is 12.2 Å². The Hall–Kier alpha value is -2.38. The van der Waals surface area contributed by atoms with Crippen LogP contribution in [0, 0.1) is 0 Å². The van der Waals surface area contributed by atoms with Crippen molar-refractivity contribution in [2.24, 2.45) is 17.2 Å². The fraction of sp³-hybridized carbons (Fsp3) is 0.688. The highest BCUT2D eigenvalue weighted by Gasteiger charge is 2.25. The lowest BCUT2D eigenvalue weighted by molar-refractivity contribution is -0.142. The minimum absolute atomic E-state index is 0.0408. The minimum atomic E-state index is -1.20. The molecule has 4 amide bonds. The first-order chi connectivity index (χ1) is 13.6. The molecule has 0 heterocycles. The minimum Gasteiger partial charge on any atom is -0.480 e. The summed E-state index contributed by atoms with van der Waals surface area (Å²) in [6.07, 6.45) is 1.07. The van der Waals surface area contributed by atoms with Crippen LogP contribution in [0.25, 0.3) is 0 Å². The maximum atomic E-state index is 12.3. The molecule has 12 nitrogen and oxygen atoms in total. The molecule has 29 heavy (non-hydrogen) atoms. The number of hydrogen-bond donors (Lipinski definition) is 8. The maximum absolute atomic E-state index is 12.3. The molecule has 10 N–H and O–H groups in total. The number of amides is 4. The van der Waals surface area contributed by atoms with Gasteiger partial charge in [-0.3, -0.25) is 19.2 Å². The molecule has 0 aromatic heterocycles. The number of aliphatic carboxylic acids is 1. The van der Waals surface area contributed by atoms with Crippen LogP contribution < -0.4 is 33.2 Å². The van der Waals surface area contributed by atoms with E-state index in [2.05, 4.69) is 28.6 Å². The summed E-state index contributed by atoms with van der Waals surface area (Å²) in [5, 5.41) is 16.1. The molecule has 0 bridgehead atoms. The largest absolute Gasteiger partial charge is 0.480 e. The Bertz CT molecular complexity index is 590. The fourth-order valence-electron chi connectivity index (χ4n) is 2.20. The monoisotopic (exact) mass is 434 g/mol. The van der Waals surface area contributed by atoms with Crippen LogP contribution in [-0.2, 0) is 24.0 Å². The number of thiol groups is 1. The SMILES string of the molecule is NCCCCC(NC(=O)CNC(=O)C(CCC(N)=O)NC(=O)C(N)CS)C(=O)O. The molecule has 0 saturated carbocycles. The topological polar surface area (TPSA) is 220 Å². The third-order valence-electron chi connectivity index (χ3n) is 3.85. The quantitative estimate of drug-likeness (QED) is 0.0966. The van der Waals surface area contributed by atoms with Gasteiger partial charge in [0.15, 0.2) is 0 Å². The molecule has 0 aliphatic rings. The lowest BCUT2D eigenvalue weighted by atomic mass is 10.1. The van der Waals surface area contributed by atoms with E-state index < -0.39 is 54.3 Å². The molecule has 0 fully saturated rings. The molecule has 0 aromatic rings. The van der Waals surface area contributed by atoms with Gasteiger partial charge in [0.05, 0.1) is 12.6 Å². The smallest absolute Gasteiger partial charge is 0.326 e. The summed E-state index contributed by atoms with van der Waals surface area (Å²) in [5.41, 5.74) is 16.0. The van der Waals surface area contributed by atoms with Gasteiger partial charge < -0.3 is 38.3 Å². The van der Waals surface area contributed by atoms with Crippen molar-refractivity contribution >= 4 is 42.2 Å². The first kappa shape index (κ1) is 26.6. The summed E-state index contributed by atoms with van der Waals surface area (Å²) in [6.45, 7) is -0.104. The van der Waals surface area contributed by atoms with Crippen molar-refractivity contribution in [1.82, 2.24) is 16.0 Å². The normalized spacial score (nSPS) is 13.6. The molecule has 0 aromatic carbocycles. The zero-order chi connectivity index (χ0) is 22.4. The summed E-state index contributed by atoms with van der Waals surface area (Å²) in [4.78, 5) is 58.3. The number of carboxylic acid groups (broad SMARTS) is 1. The third-order valence-corrected chi connectivity index (χ3v) is 4.24. The molecule has 3 atom stereocenters. The molecule has 0 aliphatic carbocycles. The van der Waals surface area contributed by atoms with Gasteiger partial charge in [-0.1, -0.05) is 0 Å². The van der Waals surface area contributed by atoms with Crippen molar-refractivity contribution in [2.45, 2.75) is 50.2 Å². The number of nitrogens with two attached hydrogens (primary N) is 3.